The number of carbonyl (C=O) groups excluding carboxylic acids is 1. The third-order valence-electron chi connectivity index (χ3n) is 6.02. The summed E-state index contributed by atoms with van der Waals surface area (Å²) in [4.78, 5) is 23.1. The zero-order valence-corrected chi connectivity index (χ0v) is 18.5. The first kappa shape index (κ1) is 22.5. The van der Waals surface area contributed by atoms with Gasteiger partial charge < -0.3 is 4.74 Å². The van der Waals surface area contributed by atoms with Crippen LogP contribution in [0.25, 0.3) is 10.9 Å². The molecule has 1 amide bonds. The Bertz CT molecular complexity index is 1060. The number of benzene rings is 2. The quantitative estimate of drug-likeness (QED) is 0.477. The number of nitrogens with one attached hydrogen (secondary N) is 1. The fraction of sp³-hybridized carbons (Fsp3) is 0.360. The first-order chi connectivity index (χ1) is 15.4. The Morgan fingerprint density at radius 1 is 1.09 bits per heavy atom. The molecule has 4 rings (SSSR count). The van der Waals surface area contributed by atoms with Crippen molar-refractivity contribution in [1.29, 1.82) is 0 Å². The van der Waals surface area contributed by atoms with E-state index in [-0.39, 0.29) is 12.0 Å². The second kappa shape index (κ2) is 9.85. The molecule has 3 aromatic rings. The molecule has 1 aromatic heterocycles. The number of amides is 1. The highest BCUT2D eigenvalue weighted by atomic mass is 16.7. The molecule has 1 aliphatic heterocycles. The molecule has 32 heavy (non-hydrogen) atoms. The van der Waals surface area contributed by atoms with Crippen LogP contribution in [0.15, 0.2) is 66.7 Å². The van der Waals surface area contributed by atoms with Gasteiger partial charge in [0, 0.05) is 17.4 Å². The number of fused-ring (bicyclic) bond motifs is 1. The lowest BCUT2D eigenvalue weighted by Gasteiger charge is -2.35. The maximum Gasteiger partial charge on any atom is 0.364 e. The Kier molecular flexibility index (Phi) is 6.93. The molecule has 0 bridgehead atoms. The molecule has 2 heterocycles. The lowest BCUT2D eigenvalue weighted by Crippen LogP contribution is -2.57. The summed E-state index contributed by atoms with van der Waals surface area (Å²) in [6.07, 6.45) is 0.960. The van der Waals surface area contributed by atoms with Gasteiger partial charge in [-0.3, -0.25) is 9.82 Å². The number of pyridine rings is 1. The third-order valence-corrected chi connectivity index (χ3v) is 6.02. The number of quaternary nitrogens is 1. The van der Waals surface area contributed by atoms with Crippen LogP contribution in [0, 0.1) is 0 Å². The molecule has 7 heteroatoms. The molecule has 7 nitrogen and oxygen atoms in total. The second-order valence-electron chi connectivity index (χ2n) is 8.45. The van der Waals surface area contributed by atoms with Crippen molar-refractivity contribution in [3.05, 3.63) is 78.0 Å². The van der Waals surface area contributed by atoms with Crippen molar-refractivity contribution in [2.45, 2.75) is 44.6 Å². The van der Waals surface area contributed by atoms with Gasteiger partial charge in [-0.05, 0) is 25.5 Å². The number of nitrogens with zero attached hydrogens (tertiary/aromatic N) is 2. The van der Waals surface area contributed by atoms with Gasteiger partial charge in [0.2, 0.25) is 0 Å². The average Bonchev–Trinajstić information content (AvgIpc) is 2.81. The zero-order valence-electron chi connectivity index (χ0n) is 18.5. The maximum absolute atomic E-state index is 12.9. The van der Waals surface area contributed by atoms with Crippen LogP contribution in [0.1, 0.15) is 37.1 Å². The number of likely N-dealkylation sites (N-methyl/N-ethyl adjacent to an activating group) is 1. The number of hydroxylamine groups is 4. The summed E-state index contributed by atoms with van der Waals surface area (Å²) in [5.41, 5.74) is 5.45. The van der Waals surface area contributed by atoms with Crippen LogP contribution in [0.4, 0.5) is 0 Å². The number of hydrogen-bond donors (Lipinski definition) is 2. The predicted molar refractivity (Wildman–Crippen MR) is 120 cm³/mol. The van der Waals surface area contributed by atoms with E-state index in [1.807, 2.05) is 66.7 Å². The molecule has 4 atom stereocenters. The molecular formula is C25H30N3O4+. The van der Waals surface area contributed by atoms with Crippen molar-refractivity contribution < 1.29 is 24.2 Å². The minimum absolute atomic E-state index is 0.220. The lowest BCUT2D eigenvalue weighted by molar-refractivity contribution is -1.05. The molecule has 2 N–H and O–H groups in total. The summed E-state index contributed by atoms with van der Waals surface area (Å²) in [7, 11) is 1.54. The van der Waals surface area contributed by atoms with E-state index in [1.54, 1.807) is 6.92 Å². The van der Waals surface area contributed by atoms with Crippen molar-refractivity contribution in [3.8, 4) is 0 Å². The van der Waals surface area contributed by atoms with E-state index in [9.17, 15) is 10.0 Å². The smallest absolute Gasteiger partial charge is 0.364 e. The molecule has 1 saturated heterocycles. The number of rotatable bonds is 4. The van der Waals surface area contributed by atoms with Crippen LogP contribution in [0.3, 0.4) is 0 Å². The summed E-state index contributed by atoms with van der Waals surface area (Å²) in [6.45, 7) is 2.34. The van der Waals surface area contributed by atoms with Crippen LogP contribution in [-0.2, 0) is 21.0 Å². The Labute approximate surface area is 188 Å². The van der Waals surface area contributed by atoms with Crippen LogP contribution in [-0.4, -0.2) is 46.5 Å². The van der Waals surface area contributed by atoms with E-state index in [0.717, 1.165) is 22.2 Å². The highest BCUT2D eigenvalue weighted by molar-refractivity contribution is 5.78. The van der Waals surface area contributed by atoms with Gasteiger partial charge in [-0.25, -0.2) is 10.0 Å². The first-order valence-electron chi connectivity index (χ1n) is 11.0. The van der Waals surface area contributed by atoms with E-state index in [4.69, 9.17) is 9.57 Å². The van der Waals surface area contributed by atoms with Crippen molar-refractivity contribution in [2.24, 2.45) is 0 Å². The van der Waals surface area contributed by atoms with Gasteiger partial charge in [0.05, 0.1) is 30.5 Å². The maximum atomic E-state index is 12.9. The van der Waals surface area contributed by atoms with E-state index in [1.165, 1.54) is 7.05 Å². The highest BCUT2D eigenvalue weighted by Crippen LogP contribution is 2.32. The molecule has 0 radical (unpaired) electrons. The van der Waals surface area contributed by atoms with Gasteiger partial charge in [-0.1, -0.05) is 54.6 Å². The minimum atomic E-state index is -0.750. The van der Waals surface area contributed by atoms with Crippen molar-refractivity contribution in [2.75, 3.05) is 13.7 Å². The van der Waals surface area contributed by atoms with Gasteiger partial charge in [0.25, 0.3) is 0 Å². The number of ether oxygens (including phenoxy) is 1. The van der Waals surface area contributed by atoms with Crippen LogP contribution in [0.5, 0.6) is 0 Å². The molecule has 1 aliphatic rings. The van der Waals surface area contributed by atoms with Crippen molar-refractivity contribution in [1.82, 2.24) is 10.5 Å². The van der Waals surface area contributed by atoms with Gasteiger partial charge in [-0.15, -0.1) is 4.65 Å². The lowest BCUT2D eigenvalue weighted by atomic mass is 9.97. The number of aromatic nitrogens is 1. The summed E-state index contributed by atoms with van der Waals surface area (Å²) < 4.78 is 5.41. The summed E-state index contributed by atoms with van der Waals surface area (Å²) in [5.74, 6) is -0.349. The molecule has 2 aromatic carbocycles. The van der Waals surface area contributed by atoms with Gasteiger partial charge >= 0.3 is 5.91 Å². The minimum Gasteiger partial charge on any atom is -0.369 e. The van der Waals surface area contributed by atoms with Crippen LogP contribution in [0.2, 0.25) is 0 Å². The fourth-order valence-electron chi connectivity index (χ4n) is 4.20. The Morgan fingerprint density at radius 2 is 1.84 bits per heavy atom. The number of hydrogen-bond acceptors (Lipinski definition) is 6. The van der Waals surface area contributed by atoms with Crippen molar-refractivity contribution >= 4 is 16.8 Å². The third kappa shape index (κ3) is 5.03. The van der Waals surface area contributed by atoms with Gasteiger partial charge in [-0.2, -0.15) is 5.48 Å². The summed E-state index contributed by atoms with van der Waals surface area (Å²) in [5, 5.41) is 12.3. The molecule has 0 aliphatic carbocycles. The van der Waals surface area contributed by atoms with Gasteiger partial charge in [0.1, 0.15) is 13.1 Å². The van der Waals surface area contributed by atoms with Crippen LogP contribution >= 0.6 is 0 Å². The zero-order chi connectivity index (χ0) is 22.6. The summed E-state index contributed by atoms with van der Waals surface area (Å²) >= 11 is 0. The number of para-hydroxylation sites is 1. The average molecular weight is 437 g/mol. The van der Waals surface area contributed by atoms with E-state index in [2.05, 4.69) is 10.5 Å². The highest BCUT2D eigenvalue weighted by Gasteiger charge is 2.44. The van der Waals surface area contributed by atoms with E-state index in [0.29, 0.717) is 26.1 Å². The second-order valence-corrected chi connectivity index (χ2v) is 8.45. The van der Waals surface area contributed by atoms with E-state index < -0.39 is 16.7 Å². The first-order valence-corrected chi connectivity index (χ1v) is 11.0. The molecule has 0 spiro atoms. The molecule has 0 saturated carbocycles. The molecule has 1 fully saturated rings. The SMILES string of the molecule is CC1NOCC(OCc2ccc3ccccc3n2)CCC(c2ccccc2)[N+](C)(O)C1=O. The molecular weight excluding hydrogens is 406 g/mol. The molecule has 4 unspecified atom stereocenters. The Hall–Kier alpha value is -2.68. The fourth-order valence-corrected chi connectivity index (χ4v) is 4.20. The topological polar surface area (TPSA) is 80.7 Å². The summed E-state index contributed by atoms with van der Waals surface area (Å²) in [6, 6.07) is 20.6. The Morgan fingerprint density at radius 3 is 2.66 bits per heavy atom. The van der Waals surface area contributed by atoms with E-state index >= 15 is 0 Å². The normalized spacial score (nSPS) is 27.3. The van der Waals surface area contributed by atoms with Gasteiger partial charge in [0.15, 0.2) is 6.04 Å². The standard InChI is InChI=1S/C25H30N3O4/c1-18-25(29)28(2,30)24(20-9-4-3-5-10-20)15-14-22(17-32-27-18)31-16-21-13-12-19-8-6-7-11-23(19)26-21/h3-13,18,22,24,27,30H,14-17H2,1-2H3/q+1. The number of carbonyl (C=O) groups is 1. The largest absolute Gasteiger partial charge is 0.369 e. The van der Waals surface area contributed by atoms with Crippen LogP contribution < -0.4 is 5.48 Å². The molecule has 168 valence electrons. The van der Waals surface area contributed by atoms with Crippen molar-refractivity contribution in [3.63, 3.8) is 0 Å². The monoisotopic (exact) mass is 436 g/mol. The predicted octanol–water partition coefficient (Wildman–Crippen LogP) is 3.93. The Balaban J connectivity index is 1.50.